The highest BCUT2D eigenvalue weighted by Crippen LogP contribution is 2.33. The van der Waals surface area contributed by atoms with E-state index in [2.05, 4.69) is 10.6 Å². The van der Waals surface area contributed by atoms with Crippen LogP contribution in [0.2, 0.25) is 0 Å². The van der Waals surface area contributed by atoms with Gasteiger partial charge < -0.3 is 20.1 Å². The van der Waals surface area contributed by atoms with Gasteiger partial charge in [0.05, 0.1) is 20.8 Å². The van der Waals surface area contributed by atoms with Gasteiger partial charge >= 0.3 is 0 Å². The summed E-state index contributed by atoms with van der Waals surface area (Å²) in [5.74, 6) is 0.841. The highest BCUT2D eigenvalue weighted by molar-refractivity contribution is 5.99. The maximum atomic E-state index is 12.4. The summed E-state index contributed by atoms with van der Waals surface area (Å²) in [5, 5.41) is 5.48. The molecule has 6 heteroatoms. The third-order valence-electron chi connectivity index (χ3n) is 5.06. The molecule has 0 aliphatic heterocycles. The monoisotopic (exact) mass is 418 g/mol. The Labute approximate surface area is 182 Å². The molecule has 0 aliphatic carbocycles. The molecule has 0 aliphatic rings. The van der Waals surface area contributed by atoms with Crippen LogP contribution in [0.1, 0.15) is 21.5 Å². The summed E-state index contributed by atoms with van der Waals surface area (Å²) in [4.78, 5) is 24.7. The number of methoxy groups -OCH3 is 2. The highest BCUT2D eigenvalue weighted by atomic mass is 16.5. The first-order valence-electron chi connectivity index (χ1n) is 9.89. The van der Waals surface area contributed by atoms with E-state index >= 15 is 0 Å². The summed E-state index contributed by atoms with van der Waals surface area (Å²) in [6.07, 6.45) is 0. The van der Waals surface area contributed by atoms with Crippen molar-refractivity contribution in [2.75, 3.05) is 26.1 Å². The van der Waals surface area contributed by atoms with Crippen LogP contribution in [0.5, 0.6) is 11.5 Å². The second-order valence-electron chi connectivity index (χ2n) is 7.17. The molecule has 0 unspecified atom stereocenters. The average Bonchev–Trinajstić information content (AvgIpc) is 2.79. The number of aryl methyl sites for hydroxylation is 2. The normalized spacial score (nSPS) is 10.3. The van der Waals surface area contributed by atoms with Crippen LogP contribution in [0.15, 0.2) is 60.7 Å². The van der Waals surface area contributed by atoms with E-state index in [1.165, 1.54) is 0 Å². The molecular weight excluding hydrogens is 392 g/mol. The summed E-state index contributed by atoms with van der Waals surface area (Å²) < 4.78 is 10.7. The Morgan fingerprint density at radius 1 is 0.839 bits per heavy atom. The van der Waals surface area contributed by atoms with Crippen molar-refractivity contribution in [1.82, 2.24) is 5.32 Å². The minimum atomic E-state index is -0.317. The smallest absolute Gasteiger partial charge is 0.251 e. The fourth-order valence-electron chi connectivity index (χ4n) is 3.13. The van der Waals surface area contributed by atoms with Gasteiger partial charge in [-0.25, -0.2) is 0 Å². The lowest BCUT2D eigenvalue weighted by atomic mass is 10.0. The molecule has 0 saturated carbocycles. The Morgan fingerprint density at radius 2 is 1.58 bits per heavy atom. The van der Waals surface area contributed by atoms with E-state index in [1.54, 1.807) is 32.4 Å². The number of amides is 2. The molecule has 0 radical (unpaired) electrons. The number of rotatable bonds is 7. The van der Waals surface area contributed by atoms with E-state index in [1.807, 2.05) is 56.3 Å². The lowest BCUT2D eigenvalue weighted by Crippen LogP contribution is -2.32. The molecule has 0 atom stereocenters. The van der Waals surface area contributed by atoms with E-state index < -0.39 is 0 Å². The summed E-state index contributed by atoms with van der Waals surface area (Å²) in [6.45, 7) is 3.80. The summed E-state index contributed by atoms with van der Waals surface area (Å²) in [7, 11) is 3.22. The van der Waals surface area contributed by atoms with Crippen molar-refractivity contribution in [3.8, 4) is 22.6 Å². The first-order valence-corrected chi connectivity index (χ1v) is 9.89. The number of benzene rings is 3. The molecule has 0 spiro atoms. The third kappa shape index (κ3) is 5.42. The van der Waals surface area contributed by atoms with Crippen LogP contribution >= 0.6 is 0 Å². The summed E-state index contributed by atoms with van der Waals surface area (Å²) in [5.41, 5.74) is 5.04. The molecule has 0 saturated heterocycles. The summed E-state index contributed by atoms with van der Waals surface area (Å²) in [6, 6.07) is 18.4. The molecule has 0 fully saturated rings. The topological polar surface area (TPSA) is 76.7 Å². The van der Waals surface area contributed by atoms with E-state index in [9.17, 15) is 9.59 Å². The van der Waals surface area contributed by atoms with Crippen molar-refractivity contribution in [1.29, 1.82) is 0 Å². The first kappa shape index (κ1) is 21.9. The maximum Gasteiger partial charge on any atom is 0.251 e. The van der Waals surface area contributed by atoms with Gasteiger partial charge in [0.25, 0.3) is 5.91 Å². The van der Waals surface area contributed by atoms with Gasteiger partial charge in [0.2, 0.25) is 5.91 Å². The van der Waals surface area contributed by atoms with Gasteiger partial charge in [-0.15, -0.1) is 0 Å². The third-order valence-corrected chi connectivity index (χ3v) is 5.06. The van der Waals surface area contributed by atoms with Gasteiger partial charge in [-0.2, -0.15) is 0 Å². The zero-order valence-electron chi connectivity index (χ0n) is 18.1. The van der Waals surface area contributed by atoms with Crippen LogP contribution in [0, 0.1) is 13.8 Å². The Kier molecular flexibility index (Phi) is 6.92. The highest BCUT2D eigenvalue weighted by Gasteiger charge is 2.12. The van der Waals surface area contributed by atoms with E-state index in [4.69, 9.17) is 9.47 Å². The number of ether oxygens (including phenoxy) is 2. The van der Waals surface area contributed by atoms with Crippen LogP contribution in [-0.2, 0) is 4.79 Å². The van der Waals surface area contributed by atoms with Gasteiger partial charge in [0.1, 0.15) is 11.5 Å². The summed E-state index contributed by atoms with van der Waals surface area (Å²) >= 11 is 0. The number of hydrogen-bond donors (Lipinski definition) is 2. The first-order chi connectivity index (χ1) is 14.9. The molecule has 3 rings (SSSR count). The molecule has 2 amide bonds. The van der Waals surface area contributed by atoms with Crippen molar-refractivity contribution in [3.63, 3.8) is 0 Å². The van der Waals surface area contributed by atoms with E-state index in [-0.39, 0.29) is 18.4 Å². The van der Waals surface area contributed by atoms with Gasteiger partial charge in [-0.3, -0.25) is 9.59 Å². The van der Waals surface area contributed by atoms with Gasteiger partial charge in [0, 0.05) is 16.8 Å². The SMILES string of the molecule is COc1ccc(-c2cc(NC(=O)CNC(=O)c3ccc(C)c(C)c3)ccc2OC)cc1. The van der Waals surface area contributed by atoms with Crippen molar-refractivity contribution >= 4 is 17.5 Å². The lowest BCUT2D eigenvalue weighted by molar-refractivity contribution is -0.115. The second kappa shape index (κ2) is 9.80. The van der Waals surface area contributed by atoms with E-state index in [0.717, 1.165) is 28.0 Å². The largest absolute Gasteiger partial charge is 0.497 e. The standard InChI is InChI=1S/C25H26N2O4/c1-16-5-6-19(13-17(16)2)25(29)26-15-24(28)27-20-9-12-23(31-4)22(14-20)18-7-10-21(30-3)11-8-18/h5-14H,15H2,1-4H3,(H,26,29)(H,27,28). The maximum absolute atomic E-state index is 12.4. The Hall–Kier alpha value is -3.80. The molecule has 3 aromatic rings. The molecule has 0 heterocycles. The number of carbonyl (C=O) groups excluding carboxylic acids is 2. The molecule has 0 bridgehead atoms. The fourth-order valence-corrected chi connectivity index (χ4v) is 3.13. The predicted molar refractivity (Wildman–Crippen MR) is 122 cm³/mol. The Morgan fingerprint density at radius 3 is 2.23 bits per heavy atom. The molecular formula is C25H26N2O4. The van der Waals surface area contributed by atoms with Crippen molar-refractivity contribution in [2.24, 2.45) is 0 Å². The quantitative estimate of drug-likeness (QED) is 0.598. The van der Waals surface area contributed by atoms with Crippen LogP contribution in [0.4, 0.5) is 5.69 Å². The molecule has 160 valence electrons. The average molecular weight is 418 g/mol. The number of nitrogens with one attached hydrogen (secondary N) is 2. The molecule has 2 N–H and O–H groups in total. The van der Waals surface area contributed by atoms with Crippen LogP contribution in [0.25, 0.3) is 11.1 Å². The van der Waals surface area contributed by atoms with Crippen LogP contribution in [-0.4, -0.2) is 32.6 Å². The zero-order chi connectivity index (χ0) is 22.4. The second-order valence-corrected chi connectivity index (χ2v) is 7.17. The predicted octanol–water partition coefficient (Wildman–Crippen LogP) is 4.36. The molecule has 0 aromatic heterocycles. The van der Waals surface area contributed by atoms with Crippen molar-refractivity contribution < 1.29 is 19.1 Å². The van der Waals surface area contributed by atoms with E-state index in [0.29, 0.717) is 17.0 Å². The fraction of sp³-hybridized carbons (Fsp3) is 0.200. The van der Waals surface area contributed by atoms with Gasteiger partial charge in [-0.1, -0.05) is 18.2 Å². The van der Waals surface area contributed by atoms with Gasteiger partial charge in [-0.05, 0) is 73.0 Å². The minimum absolute atomic E-state index is 0.129. The Bertz CT molecular complexity index is 1090. The molecule has 3 aromatic carbocycles. The van der Waals surface area contributed by atoms with Crippen LogP contribution in [0.3, 0.4) is 0 Å². The molecule has 6 nitrogen and oxygen atoms in total. The zero-order valence-corrected chi connectivity index (χ0v) is 18.1. The van der Waals surface area contributed by atoms with Gasteiger partial charge in [0.15, 0.2) is 0 Å². The number of hydrogen-bond acceptors (Lipinski definition) is 4. The number of carbonyl (C=O) groups is 2. The molecule has 31 heavy (non-hydrogen) atoms. The number of anilines is 1. The van der Waals surface area contributed by atoms with Crippen LogP contribution < -0.4 is 20.1 Å². The van der Waals surface area contributed by atoms with Crippen molar-refractivity contribution in [2.45, 2.75) is 13.8 Å². The Balaban J connectivity index is 1.68. The minimum Gasteiger partial charge on any atom is -0.497 e. The van der Waals surface area contributed by atoms with Crippen molar-refractivity contribution in [3.05, 3.63) is 77.4 Å². The lowest BCUT2D eigenvalue weighted by Gasteiger charge is -2.13.